The van der Waals surface area contributed by atoms with Gasteiger partial charge < -0.3 is 14.6 Å². The molecule has 6 aliphatic rings. The highest BCUT2D eigenvalue weighted by Crippen LogP contribution is 3.02. The first kappa shape index (κ1) is 24.9. The maximum Gasteiger partial charge on any atom is 0.311 e. The van der Waals surface area contributed by atoms with Gasteiger partial charge in [0.25, 0.3) is 0 Å². The van der Waals surface area contributed by atoms with Gasteiger partial charge in [0.2, 0.25) is 5.88 Å². The third-order valence-electron chi connectivity index (χ3n) is 10.0. The molecule has 5 aliphatic carbocycles. The lowest BCUT2D eigenvalue weighted by Crippen LogP contribution is -2.31. The highest BCUT2D eigenvalue weighted by molar-refractivity contribution is 7.91. The van der Waals surface area contributed by atoms with Gasteiger partial charge in [-0.2, -0.15) is 0 Å². The number of aliphatic carboxylic acids is 1. The maximum absolute atomic E-state index is 12.0. The Kier molecular flexibility index (Phi) is 5.23. The number of benzene rings is 1. The standard InChI is InChI=1S/C31H33NO6S/c1-17-11-26(38-23-7-9-39(35,36)10-8-23)32-19(3)27(17)21-6-4-5-20(13-21)16-37-24-12-18(2)30-22(14-24)15-25-28(30)31(25,30)29(33)34/h4-6,11-14,18,23,25,28H,7-10,15-16H2,1-3H3,(H,33,34). The molecular formula is C31H33NO6S. The molecule has 7 nitrogen and oxygen atoms in total. The molecule has 5 unspecified atom stereocenters. The average Bonchev–Trinajstić information content (AvgIpc) is 3.63. The number of hydrogen-bond acceptors (Lipinski definition) is 6. The number of aromatic nitrogens is 1. The summed E-state index contributed by atoms with van der Waals surface area (Å²) in [5, 5.41) is 9.86. The summed E-state index contributed by atoms with van der Waals surface area (Å²) in [4.78, 5) is 16.7. The molecule has 204 valence electrons. The van der Waals surface area contributed by atoms with Crippen LogP contribution >= 0.6 is 0 Å². The van der Waals surface area contributed by atoms with Gasteiger partial charge >= 0.3 is 5.97 Å². The van der Waals surface area contributed by atoms with E-state index in [1.54, 1.807) is 0 Å². The second-order valence-electron chi connectivity index (χ2n) is 12.1. The largest absolute Gasteiger partial charge is 0.489 e. The van der Waals surface area contributed by atoms with E-state index < -0.39 is 21.2 Å². The minimum atomic E-state index is -2.93. The van der Waals surface area contributed by atoms with Crippen LogP contribution in [0, 0.1) is 42.4 Å². The second-order valence-corrected chi connectivity index (χ2v) is 14.4. The lowest BCUT2D eigenvalue weighted by atomic mass is 9.74. The lowest BCUT2D eigenvalue weighted by Gasteiger charge is -2.30. The van der Waals surface area contributed by atoms with E-state index in [1.165, 1.54) is 5.57 Å². The quantitative estimate of drug-likeness (QED) is 0.519. The van der Waals surface area contributed by atoms with Gasteiger partial charge in [0.05, 0.1) is 16.9 Å². The number of carboxylic acids is 1. The number of pyridine rings is 1. The molecule has 1 saturated heterocycles. The molecule has 2 aromatic rings. The van der Waals surface area contributed by atoms with E-state index in [0.717, 1.165) is 40.1 Å². The SMILES string of the molecule is Cc1cc(OC2CCS(=O)(=O)CC2)nc(C)c1-c1cccc(COC2=CC(C)C34C(=C2)CC2C3C24C(=O)O)c1. The molecule has 0 amide bonds. The Morgan fingerprint density at radius 3 is 2.64 bits per heavy atom. The molecule has 5 atom stereocenters. The van der Waals surface area contributed by atoms with E-state index >= 15 is 0 Å². The number of aryl methyl sites for hydroxylation is 2. The predicted molar refractivity (Wildman–Crippen MR) is 146 cm³/mol. The number of ether oxygens (including phenoxy) is 2. The van der Waals surface area contributed by atoms with Gasteiger partial charge in [-0.3, -0.25) is 4.79 Å². The molecule has 4 saturated carbocycles. The molecule has 1 spiro atoms. The average molecular weight is 548 g/mol. The van der Waals surface area contributed by atoms with Gasteiger partial charge in [-0.05, 0) is 85.8 Å². The Hall–Kier alpha value is -3.13. The number of sulfone groups is 1. The molecule has 1 aliphatic heterocycles. The van der Waals surface area contributed by atoms with E-state index in [2.05, 4.69) is 31.2 Å². The smallest absolute Gasteiger partial charge is 0.311 e. The van der Waals surface area contributed by atoms with Crippen molar-refractivity contribution >= 4 is 15.8 Å². The number of hydrogen-bond donors (Lipinski definition) is 1. The predicted octanol–water partition coefficient (Wildman–Crippen LogP) is 5.02. The highest BCUT2D eigenvalue weighted by atomic mass is 32.2. The summed E-state index contributed by atoms with van der Waals surface area (Å²) in [7, 11) is -2.93. The van der Waals surface area contributed by atoms with E-state index in [1.807, 2.05) is 32.0 Å². The Balaban J connectivity index is 1.04. The van der Waals surface area contributed by atoms with Gasteiger partial charge in [0.15, 0.2) is 9.84 Å². The fourth-order valence-electron chi connectivity index (χ4n) is 8.41. The normalized spacial score (nSPS) is 33.4. The Bertz CT molecular complexity index is 1550. The van der Waals surface area contributed by atoms with Crippen molar-refractivity contribution < 1.29 is 27.8 Å². The molecule has 0 radical (unpaired) electrons. The number of rotatable bonds is 7. The zero-order chi connectivity index (χ0) is 27.3. The molecule has 1 aromatic heterocycles. The third-order valence-corrected chi connectivity index (χ3v) is 11.7. The fourth-order valence-corrected chi connectivity index (χ4v) is 9.86. The van der Waals surface area contributed by atoms with Crippen LogP contribution in [0.15, 0.2) is 53.8 Å². The number of carboxylic acid groups (broad SMARTS) is 1. The zero-order valence-corrected chi connectivity index (χ0v) is 23.3. The third kappa shape index (κ3) is 3.43. The molecule has 1 aromatic carbocycles. The molecule has 5 fully saturated rings. The van der Waals surface area contributed by atoms with Gasteiger partial charge in [-0.25, -0.2) is 13.4 Å². The van der Waals surface area contributed by atoms with Crippen molar-refractivity contribution in [3.05, 3.63) is 70.6 Å². The van der Waals surface area contributed by atoms with Crippen LogP contribution in [-0.4, -0.2) is 42.1 Å². The zero-order valence-electron chi connectivity index (χ0n) is 22.4. The minimum Gasteiger partial charge on any atom is -0.489 e. The summed E-state index contributed by atoms with van der Waals surface area (Å²) < 4.78 is 35.8. The van der Waals surface area contributed by atoms with Crippen LogP contribution in [0.5, 0.6) is 5.88 Å². The molecule has 2 heterocycles. The summed E-state index contributed by atoms with van der Waals surface area (Å²) in [5.41, 5.74) is 5.70. The molecule has 8 heteroatoms. The first-order chi connectivity index (χ1) is 18.6. The van der Waals surface area contributed by atoms with Crippen LogP contribution in [0.4, 0.5) is 0 Å². The van der Waals surface area contributed by atoms with Crippen LogP contribution in [0.25, 0.3) is 11.1 Å². The van der Waals surface area contributed by atoms with Crippen LogP contribution in [-0.2, 0) is 26.0 Å². The Morgan fingerprint density at radius 1 is 1.18 bits per heavy atom. The van der Waals surface area contributed by atoms with Crippen LogP contribution in [0.1, 0.15) is 43.0 Å². The van der Waals surface area contributed by atoms with Crippen LogP contribution in [0.2, 0.25) is 0 Å². The van der Waals surface area contributed by atoms with E-state index in [9.17, 15) is 18.3 Å². The van der Waals surface area contributed by atoms with Crippen LogP contribution in [0.3, 0.4) is 0 Å². The van der Waals surface area contributed by atoms with Crippen molar-refractivity contribution in [1.29, 1.82) is 0 Å². The van der Waals surface area contributed by atoms with Crippen molar-refractivity contribution in [1.82, 2.24) is 4.98 Å². The van der Waals surface area contributed by atoms with Crippen molar-refractivity contribution in [2.24, 2.45) is 28.6 Å². The summed E-state index contributed by atoms with van der Waals surface area (Å²) in [6, 6.07) is 10.2. The maximum atomic E-state index is 12.0. The fraction of sp³-hybridized carbons (Fsp3) is 0.484. The first-order valence-electron chi connectivity index (χ1n) is 13.8. The van der Waals surface area contributed by atoms with Gasteiger partial charge in [0, 0.05) is 22.7 Å². The van der Waals surface area contributed by atoms with Crippen molar-refractivity contribution in [2.45, 2.75) is 52.7 Å². The number of allylic oxidation sites excluding steroid dienone is 3. The van der Waals surface area contributed by atoms with Crippen molar-refractivity contribution in [2.75, 3.05) is 11.5 Å². The second kappa shape index (κ2) is 8.19. The Morgan fingerprint density at radius 2 is 1.95 bits per heavy atom. The molecule has 39 heavy (non-hydrogen) atoms. The summed E-state index contributed by atoms with van der Waals surface area (Å²) in [5.74, 6) is 1.92. The Labute approximate surface area is 228 Å². The van der Waals surface area contributed by atoms with Crippen molar-refractivity contribution in [3.8, 4) is 17.0 Å². The minimum absolute atomic E-state index is 0.126. The van der Waals surface area contributed by atoms with E-state index in [-0.39, 0.29) is 28.9 Å². The van der Waals surface area contributed by atoms with E-state index in [0.29, 0.717) is 37.2 Å². The summed E-state index contributed by atoms with van der Waals surface area (Å²) >= 11 is 0. The summed E-state index contributed by atoms with van der Waals surface area (Å²) in [6.45, 7) is 6.58. The first-order valence-corrected chi connectivity index (χ1v) is 15.6. The van der Waals surface area contributed by atoms with Gasteiger partial charge in [-0.15, -0.1) is 0 Å². The number of nitrogens with zero attached hydrogens (tertiary/aromatic N) is 1. The highest BCUT2D eigenvalue weighted by Gasteiger charge is 3.03. The molecule has 2 bridgehead atoms. The number of carbonyl (C=O) groups is 1. The monoisotopic (exact) mass is 547 g/mol. The van der Waals surface area contributed by atoms with Gasteiger partial charge in [0.1, 0.15) is 18.5 Å². The van der Waals surface area contributed by atoms with Crippen molar-refractivity contribution in [3.63, 3.8) is 0 Å². The van der Waals surface area contributed by atoms with Crippen LogP contribution < -0.4 is 4.74 Å². The molecule has 1 N–H and O–H groups in total. The topological polar surface area (TPSA) is 103 Å². The molecular weight excluding hydrogens is 514 g/mol. The van der Waals surface area contributed by atoms with Gasteiger partial charge in [-0.1, -0.05) is 30.7 Å². The van der Waals surface area contributed by atoms with E-state index in [4.69, 9.17) is 14.5 Å². The lowest BCUT2D eigenvalue weighted by molar-refractivity contribution is -0.143. The summed E-state index contributed by atoms with van der Waals surface area (Å²) in [6.07, 6.45) is 5.99. The molecule has 8 rings (SSSR count).